The summed E-state index contributed by atoms with van der Waals surface area (Å²) in [6.45, 7) is 3.19. The van der Waals surface area contributed by atoms with E-state index in [1.54, 1.807) is 0 Å². The Morgan fingerprint density at radius 3 is 3.12 bits per heavy atom. The molecule has 1 fully saturated rings. The molecule has 0 aliphatic carbocycles. The zero-order chi connectivity index (χ0) is 12.1. The number of ether oxygens (including phenoxy) is 1. The first-order valence-electron chi connectivity index (χ1n) is 6.03. The van der Waals surface area contributed by atoms with Crippen molar-refractivity contribution in [3.8, 4) is 5.75 Å². The van der Waals surface area contributed by atoms with Crippen LogP contribution >= 0.6 is 11.6 Å². The Morgan fingerprint density at radius 2 is 2.35 bits per heavy atom. The van der Waals surface area contributed by atoms with Gasteiger partial charge in [-0.1, -0.05) is 17.7 Å². The lowest BCUT2D eigenvalue weighted by atomic mass is 10.3. The Hall–Kier alpha value is -0.770. The molecule has 3 nitrogen and oxygen atoms in total. The second kappa shape index (κ2) is 6.24. The van der Waals surface area contributed by atoms with Crippen LogP contribution in [0.4, 0.5) is 0 Å². The van der Waals surface area contributed by atoms with Crippen molar-refractivity contribution >= 4 is 11.6 Å². The minimum absolute atomic E-state index is 0.243. The minimum atomic E-state index is 0.243. The van der Waals surface area contributed by atoms with Gasteiger partial charge >= 0.3 is 0 Å². The molecule has 1 unspecified atom stereocenters. The predicted molar refractivity (Wildman–Crippen MR) is 68.6 cm³/mol. The van der Waals surface area contributed by atoms with Gasteiger partial charge in [0.1, 0.15) is 11.9 Å². The molecule has 0 radical (unpaired) electrons. The number of nitrogens with zero attached hydrogens (tertiary/aromatic N) is 1. The maximum absolute atomic E-state index is 8.79. The van der Waals surface area contributed by atoms with Crippen LogP contribution in [-0.4, -0.2) is 42.4 Å². The third-order valence-electron chi connectivity index (χ3n) is 2.96. The summed E-state index contributed by atoms with van der Waals surface area (Å²) in [4.78, 5) is 2.32. The van der Waals surface area contributed by atoms with Crippen molar-refractivity contribution in [2.75, 3.05) is 26.2 Å². The lowest BCUT2D eigenvalue weighted by Crippen LogP contribution is -2.26. The monoisotopic (exact) mass is 255 g/mol. The Kier molecular flexibility index (Phi) is 4.66. The van der Waals surface area contributed by atoms with Crippen LogP contribution in [0, 0.1) is 0 Å². The maximum Gasteiger partial charge on any atom is 0.121 e. The Labute approximate surface area is 107 Å². The van der Waals surface area contributed by atoms with Crippen LogP contribution in [0.2, 0.25) is 5.02 Å². The van der Waals surface area contributed by atoms with Crippen LogP contribution in [0.25, 0.3) is 0 Å². The second-order valence-electron chi connectivity index (χ2n) is 4.36. The van der Waals surface area contributed by atoms with E-state index in [4.69, 9.17) is 21.4 Å². The summed E-state index contributed by atoms with van der Waals surface area (Å²) in [5.41, 5.74) is 0. The molecule has 1 aromatic rings. The van der Waals surface area contributed by atoms with E-state index in [0.29, 0.717) is 5.02 Å². The van der Waals surface area contributed by atoms with E-state index < -0.39 is 0 Å². The van der Waals surface area contributed by atoms with Gasteiger partial charge in [-0.2, -0.15) is 0 Å². The molecular formula is C13H18ClNO2. The highest BCUT2D eigenvalue weighted by Crippen LogP contribution is 2.21. The average molecular weight is 256 g/mol. The fourth-order valence-electron chi connectivity index (χ4n) is 2.12. The van der Waals surface area contributed by atoms with Gasteiger partial charge in [0.25, 0.3) is 0 Å². The van der Waals surface area contributed by atoms with Gasteiger partial charge in [0.05, 0.1) is 0 Å². The van der Waals surface area contributed by atoms with Crippen molar-refractivity contribution in [3.05, 3.63) is 29.3 Å². The molecule has 4 heteroatoms. The van der Waals surface area contributed by atoms with Gasteiger partial charge in [0.15, 0.2) is 0 Å². The average Bonchev–Trinajstić information content (AvgIpc) is 2.74. The summed E-state index contributed by atoms with van der Waals surface area (Å²) in [5, 5.41) is 9.49. The molecule has 0 bridgehead atoms. The Bertz CT molecular complexity index is 359. The fraction of sp³-hybridized carbons (Fsp3) is 0.538. The molecular weight excluding hydrogens is 238 g/mol. The van der Waals surface area contributed by atoms with Crippen molar-refractivity contribution in [1.29, 1.82) is 0 Å². The van der Waals surface area contributed by atoms with E-state index in [2.05, 4.69) is 4.90 Å². The lowest BCUT2D eigenvalue weighted by Gasteiger charge is -2.16. The van der Waals surface area contributed by atoms with Crippen LogP contribution in [0.1, 0.15) is 12.8 Å². The molecule has 2 rings (SSSR count). The van der Waals surface area contributed by atoms with Crippen molar-refractivity contribution in [2.45, 2.75) is 18.9 Å². The van der Waals surface area contributed by atoms with Crippen LogP contribution in [0.3, 0.4) is 0 Å². The fourth-order valence-corrected chi connectivity index (χ4v) is 2.30. The van der Waals surface area contributed by atoms with E-state index in [1.165, 1.54) is 0 Å². The molecule has 0 aromatic heterocycles. The molecule has 17 heavy (non-hydrogen) atoms. The standard InChI is InChI=1S/C13H18ClNO2/c14-11-3-1-4-12(9-11)17-13-5-7-15(10-13)6-2-8-16/h1,3-4,9,13,16H,2,5-8,10H2. The van der Waals surface area contributed by atoms with Gasteiger partial charge in [-0.3, -0.25) is 4.90 Å². The van der Waals surface area contributed by atoms with Crippen molar-refractivity contribution in [1.82, 2.24) is 4.90 Å². The quantitative estimate of drug-likeness (QED) is 0.875. The van der Waals surface area contributed by atoms with Gasteiger partial charge in [-0.15, -0.1) is 0 Å². The molecule has 1 aliphatic rings. The van der Waals surface area contributed by atoms with Crippen molar-refractivity contribution < 1.29 is 9.84 Å². The van der Waals surface area contributed by atoms with Crippen LogP contribution in [-0.2, 0) is 0 Å². The molecule has 0 spiro atoms. The normalized spacial score (nSPS) is 20.7. The summed E-state index contributed by atoms with van der Waals surface area (Å²) in [7, 11) is 0. The van der Waals surface area contributed by atoms with Gasteiger partial charge < -0.3 is 9.84 Å². The van der Waals surface area contributed by atoms with Gasteiger partial charge in [0.2, 0.25) is 0 Å². The highest BCUT2D eigenvalue weighted by Gasteiger charge is 2.23. The summed E-state index contributed by atoms with van der Waals surface area (Å²) < 4.78 is 5.88. The van der Waals surface area contributed by atoms with E-state index in [9.17, 15) is 0 Å². The van der Waals surface area contributed by atoms with Crippen LogP contribution in [0.5, 0.6) is 5.75 Å². The second-order valence-corrected chi connectivity index (χ2v) is 4.80. The summed E-state index contributed by atoms with van der Waals surface area (Å²) in [6.07, 6.45) is 2.12. The van der Waals surface area contributed by atoms with E-state index in [1.807, 2.05) is 24.3 Å². The Balaban J connectivity index is 1.81. The lowest BCUT2D eigenvalue weighted by molar-refractivity contribution is 0.192. The van der Waals surface area contributed by atoms with Gasteiger partial charge in [-0.05, 0) is 31.0 Å². The highest BCUT2D eigenvalue weighted by molar-refractivity contribution is 6.30. The molecule has 0 amide bonds. The van der Waals surface area contributed by atoms with Crippen molar-refractivity contribution in [3.63, 3.8) is 0 Å². The minimum Gasteiger partial charge on any atom is -0.489 e. The third-order valence-corrected chi connectivity index (χ3v) is 3.20. The number of halogens is 1. The van der Waals surface area contributed by atoms with Gasteiger partial charge in [-0.25, -0.2) is 0 Å². The zero-order valence-corrected chi connectivity index (χ0v) is 10.6. The molecule has 1 atom stereocenters. The summed E-state index contributed by atoms with van der Waals surface area (Å²) in [6, 6.07) is 7.52. The molecule has 1 aliphatic heterocycles. The first kappa shape index (κ1) is 12.7. The summed E-state index contributed by atoms with van der Waals surface area (Å²) in [5.74, 6) is 0.839. The molecule has 94 valence electrons. The maximum atomic E-state index is 8.79. The predicted octanol–water partition coefficient (Wildman–Crippen LogP) is 2.18. The third kappa shape index (κ3) is 3.87. The smallest absolute Gasteiger partial charge is 0.121 e. The number of aliphatic hydroxyl groups excluding tert-OH is 1. The number of aliphatic hydroxyl groups is 1. The molecule has 1 heterocycles. The molecule has 0 saturated carbocycles. The number of likely N-dealkylation sites (tertiary alicyclic amines) is 1. The highest BCUT2D eigenvalue weighted by atomic mass is 35.5. The van der Waals surface area contributed by atoms with E-state index in [-0.39, 0.29) is 12.7 Å². The SMILES string of the molecule is OCCCN1CCC(Oc2cccc(Cl)c2)C1. The van der Waals surface area contributed by atoms with Crippen molar-refractivity contribution in [2.24, 2.45) is 0 Å². The first-order chi connectivity index (χ1) is 8.28. The first-order valence-corrected chi connectivity index (χ1v) is 6.41. The molecule has 1 aromatic carbocycles. The van der Waals surface area contributed by atoms with E-state index in [0.717, 1.165) is 38.2 Å². The number of hydrogen-bond donors (Lipinski definition) is 1. The topological polar surface area (TPSA) is 32.7 Å². The number of benzene rings is 1. The summed E-state index contributed by atoms with van der Waals surface area (Å²) >= 11 is 5.91. The Morgan fingerprint density at radius 1 is 1.47 bits per heavy atom. The number of hydrogen-bond acceptors (Lipinski definition) is 3. The van der Waals surface area contributed by atoms with E-state index >= 15 is 0 Å². The van der Waals surface area contributed by atoms with Crippen LogP contribution < -0.4 is 4.74 Å². The largest absolute Gasteiger partial charge is 0.489 e. The van der Waals surface area contributed by atoms with Gasteiger partial charge in [0, 0.05) is 31.3 Å². The molecule has 1 saturated heterocycles. The number of rotatable bonds is 5. The molecule has 1 N–H and O–H groups in total. The zero-order valence-electron chi connectivity index (χ0n) is 9.81. The van der Waals surface area contributed by atoms with Crippen LogP contribution in [0.15, 0.2) is 24.3 Å².